The average molecular weight is 273 g/mol. The summed E-state index contributed by atoms with van der Waals surface area (Å²) in [6.45, 7) is 9.36. The van der Waals surface area contributed by atoms with Crippen molar-refractivity contribution in [1.29, 1.82) is 0 Å². The third-order valence-electron chi connectivity index (χ3n) is 5.11. The molecule has 2 atom stereocenters. The van der Waals surface area contributed by atoms with Crippen molar-refractivity contribution in [2.75, 3.05) is 0 Å². The van der Waals surface area contributed by atoms with Gasteiger partial charge in [0.05, 0.1) is 0 Å². The van der Waals surface area contributed by atoms with Crippen molar-refractivity contribution >= 4 is 0 Å². The second-order valence-electron chi connectivity index (χ2n) is 7.01. The van der Waals surface area contributed by atoms with Gasteiger partial charge in [0.1, 0.15) is 0 Å². The minimum Gasteiger partial charge on any atom is -0.307 e. The molecule has 0 spiro atoms. The maximum Gasteiger partial charge on any atom is 0.0320 e. The van der Waals surface area contributed by atoms with E-state index in [2.05, 4.69) is 57.3 Å². The monoisotopic (exact) mass is 273 g/mol. The van der Waals surface area contributed by atoms with Gasteiger partial charge in [0.2, 0.25) is 0 Å². The van der Waals surface area contributed by atoms with Crippen molar-refractivity contribution in [3.8, 4) is 0 Å². The lowest BCUT2D eigenvalue weighted by molar-refractivity contribution is 0.154. The summed E-state index contributed by atoms with van der Waals surface area (Å²) in [7, 11) is 0. The number of rotatable bonds is 5. The van der Waals surface area contributed by atoms with Crippen molar-refractivity contribution in [2.24, 2.45) is 5.41 Å². The first-order valence-electron chi connectivity index (χ1n) is 8.41. The van der Waals surface area contributed by atoms with Gasteiger partial charge in [-0.3, -0.25) is 0 Å². The maximum absolute atomic E-state index is 3.95. The molecule has 1 aromatic carbocycles. The van der Waals surface area contributed by atoms with E-state index in [4.69, 9.17) is 0 Å². The van der Waals surface area contributed by atoms with Crippen LogP contribution in [0.1, 0.15) is 77.0 Å². The van der Waals surface area contributed by atoms with Gasteiger partial charge in [-0.2, -0.15) is 0 Å². The van der Waals surface area contributed by atoms with Crippen molar-refractivity contribution in [2.45, 2.75) is 78.3 Å². The zero-order chi connectivity index (χ0) is 14.6. The second-order valence-corrected chi connectivity index (χ2v) is 7.01. The van der Waals surface area contributed by atoms with Crippen LogP contribution in [0.2, 0.25) is 0 Å². The summed E-state index contributed by atoms with van der Waals surface area (Å²) < 4.78 is 0. The van der Waals surface area contributed by atoms with Crippen molar-refractivity contribution < 1.29 is 0 Å². The van der Waals surface area contributed by atoms with E-state index in [1.807, 2.05) is 0 Å². The first-order chi connectivity index (χ1) is 9.56. The minimum absolute atomic E-state index is 0.440. The van der Waals surface area contributed by atoms with E-state index in [1.54, 1.807) is 0 Å². The van der Waals surface area contributed by atoms with Crippen molar-refractivity contribution in [3.05, 3.63) is 35.4 Å². The molecule has 0 amide bonds. The van der Waals surface area contributed by atoms with Gasteiger partial charge in [-0.05, 0) is 42.2 Å². The van der Waals surface area contributed by atoms with Crippen LogP contribution in [0.25, 0.3) is 0 Å². The van der Waals surface area contributed by atoms with Gasteiger partial charge in [0, 0.05) is 12.1 Å². The number of benzene rings is 1. The summed E-state index contributed by atoms with van der Waals surface area (Å²) in [5.41, 5.74) is 3.32. The summed E-state index contributed by atoms with van der Waals surface area (Å²) in [5, 5.41) is 3.95. The lowest BCUT2D eigenvalue weighted by Gasteiger charge is -2.41. The van der Waals surface area contributed by atoms with Crippen LogP contribution in [0.5, 0.6) is 0 Å². The quantitative estimate of drug-likeness (QED) is 0.771. The zero-order valence-electron chi connectivity index (χ0n) is 13.7. The lowest BCUT2D eigenvalue weighted by Crippen LogP contribution is -2.45. The largest absolute Gasteiger partial charge is 0.307 e. The van der Waals surface area contributed by atoms with E-state index in [1.165, 1.54) is 36.8 Å². The van der Waals surface area contributed by atoms with Crippen LogP contribution in [-0.2, 0) is 6.42 Å². The number of aryl methyl sites for hydroxylation is 1. The first kappa shape index (κ1) is 15.6. The predicted molar refractivity (Wildman–Crippen MR) is 88.0 cm³/mol. The highest BCUT2D eigenvalue weighted by molar-refractivity contribution is 5.25. The third-order valence-corrected chi connectivity index (χ3v) is 5.11. The van der Waals surface area contributed by atoms with Gasteiger partial charge < -0.3 is 5.32 Å². The minimum atomic E-state index is 0.440. The van der Waals surface area contributed by atoms with E-state index < -0.39 is 0 Å². The third kappa shape index (κ3) is 3.63. The Kier molecular flexibility index (Phi) is 5.26. The van der Waals surface area contributed by atoms with Crippen LogP contribution in [0.3, 0.4) is 0 Å². The topological polar surface area (TPSA) is 12.0 Å². The first-order valence-corrected chi connectivity index (χ1v) is 8.41. The Morgan fingerprint density at radius 1 is 1.15 bits per heavy atom. The standard InChI is InChI=1S/C19H31N/c1-5-15-10-12-16(13-11-15)17(6-2)20-18-9-7-8-14-19(18,3)4/h10-13,17-18,20H,5-9,14H2,1-4H3. The zero-order valence-corrected chi connectivity index (χ0v) is 13.7. The van der Waals surface area contributed by atoms with Crippen LogP contribution in [0.4, 0.5) is 0 Å². The summed E-state index contributed by atoms with van der Waals surface area (Å²) in [4.78, 5) is 0. The molecule has 1 nitrogen and oxygen atoms in total. The van der Waals surface area contributed by atoms with Gasteiger partial charge in [-0.1, -0.05) is 64.8 Å². The van der Waals surface area contributed by atoms with Gasteiger partial charge in [-0.25, -0.2) is 0 Å². The number of hydrogen-bond donors (Lipinski definition) is 1. The SMILES string of the molecule is CCc1ccc(C(CC)NC2CCCCC2(C)C)cc1. The van der Waals surface area contributed by atoms with Crippen molar-refractivity contribution in [1.82, 2.24) is 5.32 Å². The van der Waals surface area contributed by atoms with Gasteiger partial charge >= 0.3 is 0 Å². The Morgan fingerprint density at radius 3 is 2.40 bits per heavy atom. The molecule has 1 heteroatoms. The second kappa shape index (κ2) is 6.76. The molecule has 2 rings (SSSR count). The molecule has 1 saturated carbocycles. The molecule has 0 bridgehead atoms. The Labute approximate surface area is 125 Å². The highest BCUT2D eigenvalue weighted by Gasteiger charge is 2.33. The molecule has 1 fully saturated rings. The fourth-order valence-electron chi connectivity index (χ4n) is 3.48. The fourth-order valence-corrected chi connectivity index (χ4v) is 3.48. The van der Waals surface area contributed by atoms with Crippen LogP contribution in [0, 0.1) is 5.41 Å². The highest BCUT2D eigenvalue weighted by Crippen LogP contribution is 2.37. The van der Waals surface area contributed by atoms with E-state index in [-0.39, 0.29) is 0 Å². The molecule has 1 N–H and O–H groups in total. The van der Waals surface area contributed by atoms with Crippen LogP contribution < -0.4 is 5.32 Å². The van der Waals surface area contributed by atoms with Gasteiger partial charge in [0.15, 0.2) is 0 Å². The molecule has 20 heavy (non-hydrogen) atoms. The normalized spacial score (nSPS) is 23.5. The molecule has 1 aliphatic carbocycles. The number of nitrogens with one attached hydrogen (secondary N) is 1. The molecule has 112 valence electrons. The van der Waals surface area contributed by atoms with Crippen molar-refractivity contribution in [3.63, 3.8) is 0 Å². The molecule has 0 radical (unpaired) electrons. The Hall–Kier alpha value is -0.820. The van der Waals surface area contributed by atoms with Crippen LogP contribution in [0.15, 0.2) is 24.3 Å². The maximum atomic E-state index is 3.95. The molecular formula is C19H31N. The van der Waals surface area contributed by atoms with E-state index in [9.17, 15) is 0 Å². The summed E-state index contributed by atoms with van der Waals surface area (Å²) >= 11 is 0. The molecule has 1 aliphatic rings. The van der Waals surface area contributed by atoms with Crippen LogP contribution >= 0.6 is 0 Å². The molecule has 2 unspecified atom stereocenters. The lowest BCUT2D eigenvalue weighted by atomic mass is 9.73. The van der Waals surface area contributed by atoms with Crippen LogP contribution in [-0.4, -0.2) is 6.04 Å². The van der Waals surface area contributed by atoms with E-state index in [0.717, 1.165) is 12.8 Å². The van der Waals surface area contributed by atoms with Gasteiger partial charge in [0.25, 0.3) is 0 Å². The molecule has 1 aromatic rings. The molecule has 0 aliphatic heterocycles. The predicted octanol–water partition coefficient (Wildman–Crippen LogP) is 5.26. The average Bonchev–Trinajstić information content (AvgIpc) is 2.46. The summed E-state index contributed by atoms with van der Waals surface area (Å²) in [6.07, 6.45) is 7.75. The summed E-state index contributed by atoms with van der Waals surface area (Å²) in [6, 6.07) is 10.4. The Morgan fingerprint density at radius 2 is 1.85 bits per heavy atom. The van der Waals surface area contributed by atoms with E-state index in [0.29, 0.717) is 17.5 Å². The fraction of sp³-hybridized carbons (Fsp3) is 0.684. The molecule has 0 saturated heterocycles. The Balaban J connectivity index is 2.07. The number of hydrogen-bond acceptors (Lipinski definition) is 1. The Bertz CT molecular complexity index is 404. The van der Waals surface area contributed by atoms with Gasteiger partial charge in [-0.15, -0.1) is 0 Å². The smallest absolute Gasteiger partial charge is 0.0320 e. The molecule has 0 aromatic heterocycles. The molecule has 0 heterocycles. The van der Waals surface area contributed by atoms with E-state index >= 15 is 0 Å². The molecular weight excluding hydrogens is 242 g/mol. The summed E-state index contributed by atoms with van der Waals surface area (Å²) in [5.74, 6) is 0. The highest BCUT2D eigenvalue weighted by atomic mass is 15.0.